The normalized spacial score (nSPS) is 12.1. The molecule has 1 atom stereocenters. The highest BCUT2D eigenvalue weighted by Gasteiger charge is 2.26. The van der Waals surface area contributed by atoms with Gasteiger partial charge in [0, 0.05) is 6.54 Å². The fraction of sp³-hybridized carbons (Fsp3) is 0.278. The van der Waals surface area contributed by atoms with E-state index in [9.17, 15) is 9.90 Å². The van der Waals surface area contributed by atoms with E-state index in [4.69, 9.17) is 4.74 Å². The fourth-order valence-electron chi connectivity index (χ4n) is 2.52. The number of nitrogens with zero attached hydrogens (tertiary/aromatic N) is 1. The molecular formula is C18H21NO3. The van der Waals surface area contributed by atoms with Gasteiger partial charge < -0.3 is 9.84 Å². The van der Waals surface area contributed by atoms with Crippen LogP contribution < -0.4 is 4.74 Å². The average molecular weight is 299 g/mol. The molecule has 4 nitrogen and oxygen atoms in total. The van der Waals surface area contributed by atoms with Crippen LogP contribution in [0.2, 0.25) is 0 Å². The molecule has 2 rings (SSSR count). The van der Waals surface area contributed by atoms with Gasteiger partial charge in [-0.1, -0.05) is 49.4 Å². The first kappa shape index (κ1) is 16.0. The maximum absolute atomic E-state index is 11.8. The van der Waals surface area contributed by atoms with E-state index < -0.39 is 12.0 Å². The Hall–Kier alpha value is -2.33. The van der Waals surface area contributed by atoms with Crippen LogP contribution in [0.15, 0.2) is 54.6 Å². The molecule has 1 N–H and O–H groups in total. The summed E-state index contributed by atoms with van der Waals surface area (Å²) >= 11 is 0. The van der Waals surface area contributed by atoms with Crippen molar-refractivity contribution in [1.82, 2.24) is 4.90 Å². The number of rotatable bonds is 7. The van der Waals surface area contributed by atoms with Crippen LogP contribution in [-0.4, -0.2) is 29.6 Å². The summed E-state index contributed by atoms with van der Waals surface area (Å²) in [5.41, 5.74) is 1.82. The summed E-state index contributed by atoms with van der Waals surface area (Å²) in [6, 6.07) is 16.4. The minimum absolute atomic E-state index is 0.589. The van der Waals surface area contributed by atoms with Gasteiger partial charge in [0.05, 0.1) is 7.11 Å². The van der Waals surface area contributed by atoms with Crippen LogP contribution in [0.4, 0.5) is 0 Å². The summed E-state index contributed by atoms with van der Waals surface area (Å²) < 4.78 is 5.20. The zero-order chi connectivity index (χ0) is 15.9. The number of methoxy groups -OCH3 is 1. The maximum Gasteiger partial charge on any atom is 0.325 e. The van der Waals surface area contributed by atoms with Crippen LogP contribution in [-0.2, 0) is 11.3 Å². The number of hydrogen-bond donors (Lipinski definition) is 1. The molecule has 0 bridgehead atoms. The summed E-state index contributed by atoms with van der Waals surface area (Å²) in [6.07, 6.45) is 0. The Kier molecular flexibility index (Phi) is 5.55. The zero-order valence-electron chi connectivity index (χ0n) is 12.9. The molecule has 4 heteroatoms. The number of ether oxygens (including phenoxy) is 1. The monoisotopic (exact) mass is 299 g/mol. The van der Waals surface area contributed by atoms with E-state index in [1.807, 2.05) is 60.4 Å². The highest BCUT2D eigenvalue weighted by atomic mass is 16.5. The van der Waals surface area contributed by atoms with Crippen molar-refractivity contribution >= 4 is 5.97 Å². The summed E-state index contributed by atoms with van der Waals surface area (Å²) in [7, 11) is 1.58. The van der Waals surface area contributed by atoms with Crippen molar-refractivity contribution in [3.05, 3.63) is 65.7 Å². The van der Waals surface area contributed by atoms with Crippen LogP contribution in [0.25, 0.3) is 0 Å². The molecule has 0 saturated heterocycles. The van der Waals surface area contributed by atoms with E-state index in [2.05, 4.69) is 0 Å². The third-order valence-electron chi connectivity index (χ3n) is 3.64. The van der Waals surface area contributed by atoms with Crippen molar-refractivity contribution in [2.75, 3.05) is 13.7 Å². The molecule has 0 spiro atoms. The van der Waals surface area contributed by atoms with E-state index in [-0.39, 0.29) is 0 Å². The van der Waals surface area contributed by atoms with Crippen molar-refractivity contribution in [2.45, 2.75) is 19.5 Å². The van der Waals surface area contributed by atoms with Gasteiger partial charge in [-0.15, -0.1) is 0 Å². The lowest BCUT2D eigenvalue weighted by molar-refractivity contribution is -0.143. The van der Waals surface area contributed by atoms with Gasteiger partial charge in [-0.25, -0.2) is 0 Å². The minimum atomic E-state index is -0.856. The van der Waals surface area contributed by atoms with Crippen LogP contribution in [0.5, 0.6) is 5.75 Å². The molecule has 0 radical (unpaired) electrons. The second kappa shape index (κ2) is 7.61. The zero-order valence-corrected chi connectivity index (χ0v) is 12.9. The molecule has 116 valence electrons. The molecule has 0 aliphatic rings. The highest BCUT2D eigenvalue weighted by Crippen LogP contribution is 2.26. The highest BCUT2D eigenvalue weighted by molar-refractivity contribution is 5.75. The first-order chi connectivity index (χ1) is 10.7. The Morgan fingerprint density at radius 2 is 1.91 bits per heavy atom. The van der Waals surface area contributed by atoms with Crippen molar-refractivity contribution in [3.8, 4) is 5.75 Å². The molecule has 22 heavy (non-hydrogen) atoms. The summed E-state index contributed by atoms with van der Waals surface area (Å²) in [4.78, 5) is 13.7. The predicted octanol–water partition coefficient (Wildman–Crippen LogP) is 3.34. The minimum Gasteiger partial charge on any atom is -0.497 e. The third-order valence-corrected chi connectivity index (χ3v) is 3.64. The lowest BCUT2D eigenvalue weighted by Crippen LogP contribution is -2.33. The Morgan fingerprint density at radius 3 is 2.50 bits per heavy atom. The van der Waals surface area contributed by atoms with Crippen LogP contribution >= 0.6 is 0 Å². The second-order valence-corrected chi connectivity index (χ2v) is 5.07. The topological polar surface area (TPSA) is 49.8 Å². The van der Waals surface area contributed by atoms with Crippen LogP contribution in [0.1, 0.15) is 24.1 Å². The van der Waals surface area contributed by atoms with E-state index in [1.54, 1.807) is 13.2 Å². The first-order valence-corrected chi connectivity index (χ1v) is 7.30. The van der Waals surface area contributed by atoms with Crippen molar-refractivity contribution in [3.63, 3.8) is 0 Å². The number of carbonyl (C=O) groups is 1. The Balaban J connectivity index is 2.30. The van der Waals surface area contributed by atoms with Gasteiger partial charge in [0.25, 0.3) is 0 Å². The van der Waals surface area contributed by atoms with Gasteiger partial charge in [-0.3, -0.25) is 9.69 Å². The van der Waals surface area contributed by atoms with Crippen molar-refractivity contribution in [1.29, 1.82) is 0 Å². The van der Waals surface area contributed by atoms with Gasteiger partial charge in [0.1, 0.15) is 11.8 Å². The average Bonchev–Trinajstić information content (AvgIpc) is 2.55. The number of likely N-dealkylation sites (N-methyl/N-ethyl adjacent to an activating group) is 1. The van der Waals surface area contributed by atoms with Gasteiger partial charge >= 0.3 is 5.97 Å². The fourth-order valence-corrected chi connectivity index (χ4v) is 2.52. The van der Waals surface area contributed by atoms with E-state index in [1.165, 1.54) is 0 Å². The Morgan fingerprint density at radius 1 is 1.18 bits per heavy atom. The van der Waals surface area contributed by atoms with Crippen molar-refractivity contribution < 1.29 is 14.6 Å². The largest absolute Gasteiger partial charge is 0.497 e. The van der Waals surface area contributed by atoms with Gasteiger partial charge in [-0.2, -0.15) is 0 Å². The first-order valence-electron chi connectivity index (χ1n) is 7.30. The Labute approximate surface area is 131 Å². The maximum atomic E-state index is 11.8. The summed E-state index contributed by atoms with van der Waals surface area (Å²) in [5.74, 6) is -0.189. The number of benzene rings is 2. The van der Waals surface area contributed by atoms with Gasteiger partial charge in [-0.05, 0) is 29.8 Å². The van der Waals surface area contributed by atoms with E-state index in [0.29, 0.717) is 18.8 Å². The molecule has 1 unspecified atom stereocenters. The number of hydrogen-bond acceptors (Lipinski definition) is 3. The number of carboxylic acids is 1. The predicted molar refractivity (Wildman–Crippen MR) is 85.9 cm³/mol. The van der Waals surface area contributed by atoms with Crippen LogP contribution in [0, 0.1) is 0 Å². The lowest BCUT2D eigenvalue weighted by Gasteiger charge is -2.28. The molecule has 2 aromatic carbocycles. The molecule has 0 fully saturated rings. The van der Waals surface area contributed by atoms with Crippen LogP contribution in [0.3, 0.4) is 0 Å². The smallest absolute Gasteiger partial charge is 0.325 e. The molecule has 0 saturated carbocycles. The Bertz CT molecular complexity index is 613. The molecule has 0 heterocycles. The number of carboxylic acid groups (broad SMARTS) is 1. The summed E-state index contributed by atoms with van der Waals surface area (Å²) in [6.45, 7) is 3.20. The van der Waals surface area contributed by atoms with Gasteiger partial charge in [0.15, 0.2) is 0 Å². The molecule has 0 aliphatic carbocycles. The van der Waals surface area contributed by atoms with Crippen molar-refractivity contribution in [2.24, 2.45) is 0 Å². The molecule has 0 aromatic heterocycles. The second-order valence-electron chi connectivity index (χ2n) is 5.07. The standard InChI is InChI=1S/C18H21NO3/c1-3-19(13-14-8-5-4-6-9-14)17(18(20)21)15-10-7-11-16(12-15)22-2/h4-12,17H,3,13H2,1-2H3,(H,20,21). The summed E-state index contributed by atoms with van der Waals surface area (Å²) in [5, 5.41) is 9.69. The van der Waals surface area contributed by atoms with Gasteiger partial charge in [0.2, 0.25) is 0 Å². The molecular weight excluding hydrogens is 278 g/mol. The quantitative estimate of drug-likeness (QED) is 0.852. The SMILES string of the molecule is CCN(Cc1ccccc1)C(C(=O)O)c1cccc(OC)c1. The van der Waals surface area contributed by atoms with E-state index in [0.717, 1.165) is 11.1 Å². The van der Waals surface area contributed by atoms with E-state index >= 15 is 0 Å². The number of aliphatic carboxylic acids is 1. The molecule has 0 aliphatic heterocycles. The third kappa shape index (κ3) is 3.86. The molecule has 2 aromatic rings. The lowest BCUT2D eigenvalue weighted by atomic mass is 10.0. The molecule has 0 amide bonds.